The molecule has 3 rings (SSSR count). The number of nitrogens with zero attached hydrogens (tertiary/aromatic N) is 2. The molecule has 1 aliphatic heterocycles. The van der Waals surface area contributed by atoms with Crippen LogP contribution < -0.4 is 10.6 Å². The van der Waals surface area contributed by atoms with Crippen LogP contribution in [0.25, 0.3) is 10.9 Å². The van der Waals surface area contributed by atoms with Gasteiger partial charge >= 0.3 is 0 Å². The minimum atomic E-state index is 0.155. The van der Waals surface area contributed by atoms with Gasteiger partial charge in [-0.3, -0.25) is 4.99 Å². The van der Waals surface area contributed by atoms with Gasteiger partial charge < -0.3 is 15.2 Å². The topological polar surface area (TPSA) is 41.4 Å². The van der Waals surface area contributed by atoms with E-state index in [2.05, 4.69) is 84.0 Å². The highest BCUT2D eigenvalue weighted by Crippen LogP contribution is 2.24. The molecule has 2 N–H and O–H groups in total. The van der Waals surface area contributed by atoms with Gasteiger partial charge in [-0.25, -0.2) is 0 Å². The van der Waals surface area contributed by atoms with Crippen molar-refractivity contribution in [2.45, 2.75) is 53.6 Å². The van der Waals surface area contributed by atoms with Gasteiger partial charge in [-0.2, -0.15) is 0 Å². The summed E-state index contributed by atoms with van der Waals surface area (Å²) in [5.74, 6) is 6.63. The van der Waals surface area contributed by atoms with E-state index in [1.807, 2.05) is 13.2 Å². The average Bonchev–Trinajstić information content (AvgIpc) is 3.01. The number of fused-ring (bicyclic) bond motifs is 1. The molecule has 4 nitrogen and oxygen atoms in total. The first kappa shape index (κ1) is 20.2. The summed E-state index contributed by atoms with van der Waals surface area (Å²) in [5, 5.41) is 7.89. The predicted octanol–water partition coefficient (Wildman–Crippen LogP) is 4.44. The lowest BCUT2D eigenvalue weighted by atomic mass is 9.86. The summed E-state index contributed by atoms with van der Waals surface area (Å²) in [4.78, 5) is 4.63. The van der Waals surface area contributed by atoms with Crippen LogP contribution in [-0.4, -0.2) is 23.9 Å². The lowest BCUT2D eigenvalue weighted by Crippen LogP contribution is -2.24. The first-order valence-electron chi connectivity index (χ1n) is 10.2. The Morgan fingerprint density at radius 2 is 2.00 bits per heavy atom. The maximum atomic E-state index is 4.63. The van der Waals surface area contributed by atoms with Gasteiger partial charge in [-0.05, 0) is 56.5 Å². The second-order valence-corrected chi connectivity index (χ2v) is 8.33. The lowest BCUT2D eigenvalue weighted by molar-refractivity contribution is 0.570. The molecule has 1 aromatic carbocycles. The summed E-state index contributed by atoms with van der Waals surface area (Å²) in [6.45, 7) is 11.3. The number of aromatic nitrogens is 1. The van der Waals surface area contributed by atoms with Crippen LogP contribution in [0.1, 0.15) is 51.8 Å². The molecule has 2 aromatic rings. The van der Waals surface area contributed by atoms with Crippen molar-refractivity contribution in [2.75, 3.05) is 13.6 Å². The zero-order chi connectivity index (χ0) is 20.1. The van der Waals surface area contributed by atoms with Gasteiger partial charge in [0.2, 0.25) is 0 Å². The fourth-order valence-electron chi connectivity index (χ4n) is 3.61. The van der Waals surface area contributed by atoms with E-state index in [9.17, 15) is 0 Å². The van der Waals surface area contributed by atoms with Crippen molar-refractivity contribution in [3.8, 4) is 11.8 Å². The van der Waals surface area contributed by atoms with Crippen molar-refractivity contribution in [3.63, 3.8) is 0 Å². The SMILES string of the molecule is CCn1c(C#CCNC2=CN=C(C(C)(C)C)CC2)cc2cc(CNC)ccc21. The molecule has 1 aromatic heterocycles. The third-order valence-electron chi connectivity index (χ3n) is 5.16. The molecule has 0 bridgehead atoms. The molecule has 0 radical (unpaired) electrons. The fourth-order valence-corrected chi connectivity index (χ4v) is 3.61. The first-order chi connectivity index (χ1) is 13.4. The number of rotatable bonds is 5. The highest BCUT2D eigenvalue weighted by atomic mass is 15.0. The summed E-state index contributed by atoms with van der Waals surface area (Å²) in [6, 6.07) is 8.84. The Balaban J connectivity index is 1.70. The zero-order valence-corrected chi connectivity index (χ0v) is 17.8. The van der Waals surface area contributed by atoms with Crippen LogP contribution in [0.4, 0.5) is 0 Å². The Morgan fingerprint density at radius 3 is 2.64 bits per heavy atom. The van der Waals surface area contributed by atoms with E-state index in [0.717, 1.165) is 31.6 Å². The van der Waals surface area contributed by atoms with E-state index >= 15 is 0 Å². The molecule has 2 heterocycles. The number of nitrogens with one attached hydrogen (secondary N) is 2. The second-order valence-electron chi connectivity index (χ2n) is 8.33. The van der Waals surface area contributed by atoms with Crippen molar-refractivity contribution in [1.82, 2.24) is 15.2 Å². The number of hydrogen-bond donors (Lipinski definition) is 2. The van der Waals surface area contributed by atoms with Crippen molar-refractivity contribution >= 4 is 16.6 Å². The lowest BCUT2D eigenvalue weighted by Gasteiger charge is -2.24. The zero-order valence-electron chi connectivity index (χ0n) is 17.8. The van der Waals surface area contributed by atoms with Crippen molar-refractivity contribution < 1.29 is 0 Å². The molecular formula is C24H32N4. The number of aryl methyl sites for hydroxylation is 1. The Morgan fingerprint density at radius 1 is 1.18 bits per heavy atom. The van der Waals surface area contributed by atoms with Crippen LogP contribution in [-0.2, 0) is 13.1 Å². The van der Waals surface area contributed by atoms with Gasteiger partial charge in [-0.1, -0.05) is 32.8 Å². The average molecular weight is 377 g/mol. The Kier molecular flexibility index (Phi) is 6.26. The van der Waals surface area contributed by atoms with Crippen LogP contribution in [0.2, 0.25) is 0 Å². The number of benzene rings is 1. The predicted molar refractivity (Wildman–Crippen MR) is 119 cm³/mol. The Bertz CT molecular complexity index is 958. The summed E-state index contributed by atoms with van der Waals surface area (Å²) < 4.78 is 2.28. The molecular weight excluding hydrogens is 344 g/mol. The third kappa shape index (κ3) is 4.66. The number of hydrogen-bond acceptors (Lipinski definition) is 3. The summed E-state index contributed by atoms with van der Waals surface area (Å²) >= 11 is 0. The molecule has 0 saturated heterocycles. The van der Waals surface area contributed by atoms with E-state index in [-0.39, 0.29) is 5.41 Å². The molecule has 148 valence electrons. The largest absolute Gasteiger partial charge is 0.376 e. The summed E-state index contributed by atoms with van der Waals surface area (Å²) in [7, 11) is 1.97. The maximum Gasteiger partial charge on any atom is 0.0931 e. The highest BCUT2D eigenvalue weighted by Gasteiger charge is 2.20. The van der Waals surface area contributed by atoms with Gasteiger partial charge in [0.25, 0.3) is 0 Å². The van der Waals surface area contributed by atoms with E-state index in [1.54, 1.807) is 0 Å². The molecule has 0 unspecified atom stereocenters. The molecule has 0 spiro atoms. The van der Waals surface area contributed by atoms with Crippen LogP contribution in [0.3, 0.4) is 0 Å². The van der Waals surface area contributed by atoms with Crippen molar-refractivity contribution in [1.29, 1.82) is 0 Å². The minimum Gasteiger partial charge on any atom is -0.376 e. The van der Waals surface area contributed by atoms with Gasteiger partial charge in [-0.15, -0.1) is 0 Å². The molecule has 4 heteroatoms. The molecule has 0 fully saturated rings. The highest BCUT2D eigenvalue weighted by molar-refractivity contribution is 5.90. The minimum absolute atomic E-state index is 0.155. The maximum absolute atomic E-state index is 4.63. The second kappa shape index (κ2) is 8.67. The fraction of sp³-hybridized carbons (Fsp3) is 0.458. The first-order valence-corrected chi connectivity index (χ1v) is 10.2. The Hall–Kier alpha value is -2.51. The molecule has 0 atom stereocenters. The normalized spacial score (nSPS) is 14.3. The van der Waals surface area contributed by atoms with E-state index in [1.165, 1.54) is 27.9 Å². The quantitative estimate of drug-likeness (QED) is 0.757. The third-order valence-corrected chi connectivity index (χ3v) is 5.16. The number of allylic oxidation sites excluding steroid dienone is 1. The van der Waals surface area contributed by atoms with Gasteiger partial charge in [0.1, 0.15) is 0 Å². The molecule has 1 aliphatic rings. The smallest absolute Gasteiger partial charge is 0.0931 e. The van der Waals surface area contributed by atoms with E-state index in [4.69, 9.17) is 0 Å². The monoisotopic (exact) mass is 376 g/mol. The van der Waals surface area contributed by atoms with Crippen molar-refractivity contribution in [3.05, 3.63) is 47.4 Å². The van der Waals surface area contributed by atoms with Crippen LogP contribution in [0.5, 0.6) is 0 Å². The van der Waals surface area contributed by atoms with Crippen molar-refractivity contribution in [2.24, 2.45) is 10.4 Å². The van der Waals surface area contributed by atoms with E-state index < -0.39 is 0 Å². The summed E-state index contributed by atoms with van der Waals surface area (Å²) in [5.41, 5.74) is 6.22. The van der Waals surface area contributed by atoms with Gasteiger partial charge in [0, 0.05) is 47.0 Å². The van der Waals surface area contributed by atoms with Gasteiger partial charge in [0.15, 0.2) is 0 Å². The molecule has 28 heavy (non-hydrogen) atoms. The molecule has 0 aliphatic carbocycles. The van der Waals surface area contributed by atoms with Crippen LogP contribution in [0, 0.1) is 17.3 Å². The van der Waals surface area contributed by atoms with Gasteiger partial charge in [0.05, 0.1) is 12.2 Å². The molecule has 0 amide bonds. The molecule has 0 saturated carbocycles. The van der Waals surface area contributed by atoms with Crippen LogP contribution >= 0.6 is 0 Å². The Labute approximate surface area is 169 Å². The standard InChI is InChI=1S/C24H32N4/c1-6-28-21(15-19-14-18(16-25-5)9-11-22(19)28)8-7-13-26-20-10-12-23(27-17-20)24(2,3)4/h9,11,14-15,17,25-26H,6,10,12-13,16H2,1-5H3. The van der Waals surface area contributed by atoms with Crippen LogP contribution in [0.15, 0.2) is 41.2 Å². The van der Waals surface area contributed by atoms with E-state index in [0.29, 0.717) is 6.54 Å². The number of aliphatic imine (C=N–C) groups is 1. The summed E-state index contributed by atoms with van der Waals surface area (Å²) in [6.07, 6.45) is 4.01.